The van der Waals surface area contributed by atoms with Gasteiger partial charge >= 0.3 is 6.03 Å². The van der Waals surface area contributed by atoms with Crippen LogP contribution >= 0.6 is 0 Å². The molecular formula is C24H22N4O. The molecule has 0 radical (unpaired) electrons. The summed E-state index contributed by atoms with van der Waals surface area (Å²) in [6.07, 6.45) is 0. The number of H-pyrrole nitrogens is 1. The first-order valence-electron chi connectivity index (χ1n) is 9.88. The van der Waals surface area contributed by atoms with Gasteiger partial charge in [-0.15, -0.1) is 0 Å². The van der Waals surface area contributed by atoms with Gasteiger partial charge in [-0.2, -0.15) is 0 Å². The van der Waals surface area contributed by atoms with Crippen LogP contribution in [-0.2, 0) is 0 Å². The predicted octanol–water partition coefficient (Wildman–Crippen LogP) is 4.46. The summed E-state index contributed by atoms with van der Waals surface area (Å²) in [6, 6.07) is 28.0. The van der Waals surface area contributed by atoms with Crippen LogP contribution in [0.5, 0.6) is 0 Å². The molecule has 0 aliphatic carbocycles. The Kier molecular flexibility index (Phi) is 4.48. The summed E-state index contributed by atoms with van der Waals surface area (Å²) in [4.78, 5) is 22.8. The number of imidazole rings is 1. The van der Waals surface area contributed by atoms with Crippen LogP contribution in [0.25, 0.3) is 11.0 Å². The Balaban J connectivity index is 1.29. The molecule has 29 heavy (non-hydrogen) atoms. The van der Waals surface area contributed by atoms with Crippen molar-refractivity contribution in [3.05, 3.63) is 102 Å². The summed E-state index contributed by atoms with van der Waals surface area (Å²) < 4.78 is 0. The number of rotatable bonds is 4. The number of hydrogen-bond acceptors (Lipinski definition) is 2. The van der Waals surface area contributed by atoms with Gasteiger partial charge in [0.05, 0.1) is 23.0 Å². The molecule has 1 fully saturated rings. The van der Waals surface area contributed by atoms with Crippen LogP contribution in [0.3, 0.4) is 0 Å². The van der Waals surface area contributed by atoms with E-state index >= 15 is 0 Å². The van der Waals surface area contributed by atoms with Gasteiger partial charge in [0.1, 0.15) is 5.82 Å². The Labute approximate surface area is 169 Å². The molecule has 5 heteroatoms. The van der Waals surface area contributed by atoms with Crippen LogP contribution in [0, 0.1) is 0 Å². The Morgan fingerprint density at radius 1 is 0.897 bits per heavy atom. The van der Waals surface area contributed by atoms with E-state index in [1.54, 1.807) is 0 Å². The van der Waals surface area contributed by atoms with Crippen molar-refractivity contribution in [2.75, 3.05) is 13.1 Å². The zero-order valence-corrected chi connectivity index (χ0v) is 16.0. The van der Waals surface area contributed by atoms with E-state index in [4.69, 9.17) is 0 Å². The lowest BCUT2D eigenvalue weighted by molar-refractivity contribution is 0.147. The number of benzene rings is 3. The maximum Gasteiger partial charge on any atom is 0.318 e. The molecule has 0 bridgehead atoms. The smallest absolute Gasteiger partial charge is 0.318 e. The van der Waals surface area contributed by atoms with Gasteiger partial charge in [-0.3, -0.25) is 0 Å². The van der Waals surface area contributed by atoms with Gasteiger partial charge in [-0.05, 0) is 23.3 Å². The zero-order chi connectivity index (χ0) is 19.6. The number of carbonyl (C=O) groups is 1. The second-order valence-electron chi connectivity index (χ2n) is 7.44. The second-order valence-corrected chi connectivity index (χ2v) is 7.44. The molecule has 2 amide bonds. The lowest BCUT2D eigenvalue weighted by atomic mass is 9.98. The van der Waals surface area contributed by atoms with E-state index in [1.165, 1.54) is 0 Å². The molecule has 0 atom stereocenters. The molecule has 4 aromatic rings. The van der Waals surface area contributed by atoms with Gasteiger partial charge in [0.2, 0.25) is 0 Å². The van der Waals surface area contributed by atoms with E-state index in [0.29, 0.717) is 13.1 Å². The first kappa shape index (κ1) is 17.5. The number of nitrogens with one attached hydrogen (secondary N) is 2. The summed E-state index contributed by atoms with van der Waals surface area (Å²) in [5.74, 6) is 1.21. The van der Waals surface area contributed by atoms with Gasteiger partial charge < -0.3 is 15.2 Å². The highest BCUT2D eigenvalue weighted by Crippen LogP contribution is 2.28. The van der Waals surface area contributed by atoms with Crippen molar-refractivity contribution in [2.24, 2.45) is 0 Å². The average Bonchev–Trinajstić information content (AvgIpc) is 3.16. The predicted molar refractivity (Wildman–Crippen MR) is 114 cm³/mol. The molecule has 0 unspecified atom stereocenters. The molecule has 3 aromatic carbocycles. The molecule has 1 aliphatic rings. The van der Waals surface area contributed by atoms with E-state index in [1.807, 2.05) is 89.8 Å². The Bertz CT molecular complexity index is 1040. The topological polar surface area (TPSA) is 61.0 Å². The highest BCUT2D eigenvalue weighted by Gasteiger charge is 2.34. The minimum atomic E-state index is -0.171. The number of aromatic nitrogens is 2. The van der Waals surface area contributed by atoms with Crippen molar-refractivity contribution in [3.8, 4) is 0 Å². The summed E-state index contributed by atoms with van der Waals surface area (Å²) >= 11 is 0. The number of para-hydroxylation sites is 2. The number of fused-ring (bicyclic) bond motifs is 1. The van der Waals surface area contributed by atoms with Gasteiger partial charge in [-0.1, -0.05) is 72.8 Å². The van der Waals surface area contributed by atoms with E-state index in [9.17, 15) is 4.79 Å². The quantitative estimate of drug-likeness (QED) is 0.547. The number of amides is 2. The number of urea groups is 1. The van der Waals surface area contributed by atoms with E-state index < -0.39 is 0 Å². The fourth-order valence-electron chi connectivity index (χ4n) is 3.85. The highest BCUT2D eigenvalue weighted by molar-refractivity contribution is 5.77. The molecule has 1 saturated heterocycles. The largest absolute Gasteiger partial charge is 0.342 e. The van der Waals surface area contributed by atoms with E-state index in [-0.39, 0.29) is 18.0 Å². The molecule has 1 aliphatic heterocycles. The molecule has 2 heterocycles. The number of carbonyl (C=O) groups excluding carboxylic acids is 1. The fraction of sp³-hybridized carbons (Fsp3) is 0.167. The van der Waals surface area contributed by atoms with Crippen molar-refractivity contribution in [1.29, 1.82) is 0 Å². The first-order valence-corrected chi connectivity index (χ1v) is 9.88. The third-order valence-corrected chi connectivity index (χ3v) is 5.50. The maximum absolute atomic E-state index is 12.9. The van der Waals surface area contributed by atoms with Crippen molar-refractivity contribution < 1.29 is 4.79 Å². The second kappa shape index (κ2) is 7.43. The third-order valence-electron chi connectivity index (χ3n) is 5.50. The number of nitrogens with zero attached hydrogens (tertiary/aromatic N) is 2. The van der Waals surface area contributed by atoms with Crippen molar-refractivity contribution in [2.45, 2.75) is 12.0 Å². The number of hydrogen-bond donors (Lipinski definition) is 2. The standard InChI is InChI=1S/C24H22N4O/c29-24(27-22(17-9-3-1-4-10-17)18-11-5-2-6-12-18)28-15-19(16-28)23-25-20-13-7-8-14-21(20)26-23/h1-14,19,22H,15-16H2,(H,25,26)(H,27,29). The van der Waals surface area contributed by atoms with Gasteiger partial charge in [0.25, 0.3) is 0 Å². The average molecular weight is 382 g/mol. The first-order chi connectivity index (χ1) is 14.3. The van der Waals surface area contributed by atoms with Crippen LogP contribution in [0.2, 0.25) is 0 Å². The van der Waals surface area contributed by atoms with E-state index in [2.05, 4.69) is 15.3 Å². The molecule has 0 saturated carbocycles. The summed E-state index contributed by atoms with van der Waals surface area (Å²) in [5.41, 5.74) is 4.15. The molecular weight excluding hydrogens is 360 g/mol. The Hall–Kier alpha value is -3.60. The highest BCUT2D eigenvalue weighted by atomic mass is 16.2. The van der Waals surface area contributed by atoms with Crippen molar-refractivity contribution in [1.82, 2.24) is 20.2 Å². The van der Waals surface area contributed by atoms with Crippen LogP contribution in [0.1, 0.15) is 28.9 Å². The van der Waals surface area contributed by atoms with Crippen LogP contribution in [0.15, 0.2) is 84.9 Å². The summed E-state index contributed by atoms with van der Waals surface area (Å²) in [5, 5.41) is 3.21. The van der Waals surface area contributed by atoms with Crippen LogP contribution in [-0.4, -0.2) is 34.0 Å². The van der Waals surface area contributed by atoms with Gasteiger partial charge in [-0.25, -0.2) is 9.78 Å². The van der Waals surface area contributed by atoms with Crippen molar-refractivity contribution >= 4 is 17.1 Å². The molecule has 0 spiro atoms. The van der Waals surface area contributed by atoms with Crippen molar-refractivity contribution in [3.63, 3.8) is 0 Å². The summed E-state index contributed by atoms with van der Waals surface area (Å²) in [7, 11) is 0. The molecule has 2 N–H and O–H groups in total. The summed E-state index contributed by atoms with van der Waals surface area (Å²) in [6.45, 7) is 1.34. The Morgan fingerprint density at radius 3 is 2.10 bits per heavy atom. The lowest BCUT2D eigenvalue weighted by Crippen LogP contribution is -2.53. The fourth-order valence-corrected chi connectivity index (χ4v) is 3.85. The van der Waals surface area contributed by atoms with Crippen LogP contribution < -0.4 is 5.32 Å². The number of likely N-dealkylation sites (tertiary alicyclic amines) is 1. The SMILES string of the molecule is O=C(NC(c1ccccc1)c1ccccc1)N1CC(c2nc3ccccc3[nH]2)C1. The molecule has 5 rings (SSSR count). The molecule has 1 aromatic heterocycles. The Morgan fingerprint density at radius 2 is 1.48 bits per heavy atom. The minimum Gasteiger partial charge on any atom is -0.342 e. The maximum atomic E-state index is 12.9. The monoisotopic (exact) mass is 382 g/mol. The van der Waals surface area contributed by atoms with E-state index in [0.717, 1.165) is 28.0 Å². The zero-order valence-electron chi connectivity index (χ0n) is 16.0. The third kappa shape index (κ3) is 3.47. The normalized spacial score (nSPS) is 14.2. The lowest BCUT2D eigenvalue weighted by Gasteiger charge is -2.39. The number of aromatic amines is 1. The minimum absolute atomic E-state index is 0.0462. The van der Waals surface area contributed by atoms with Crippen LogP contribution in [0.4, 0.5) is 4.79 Å². The molecule has 5 nitrogen and oxygen atoms in total. The van der Waals surface area contributed by atoms with Gasteiger partial charge in [0.15, 0.2) is 0 Å². The molecule has 144 valence electrons. The van der Waals surface area contributed by atoms with Gasteiger partial charge in [0, 0.05) is 13.1 Å².